The van der Waals surface area contributed by atoms with E-state index in [1.807, 2.05) is 47.8 Å². The lowest BCUT2D eigenvalue weighted by molar-refractivity contribution is 0.424. The summed E-state index contributed by atoms with van der Waals surface area (Å²) in [6.45, 7) is 4.27. The van der Waals surface area contributed by atoms with Crippen molar-refractivity contribution in [3.63, 3.8) is 0 Å². The van der Waals surface area contributed by atoms with E-state index in [1.165, 1.54) is 78.2 Å². The number of benzene rings is 12. The monoisotopic (exact) mass is 1270 g/mol. The standard InChI is InChI=1S/C37H27NS2.C25H20IN.C12H9BO2S2/c1-26-9-7-12-32(25-26)38(30-10-3-2-4-11-30)31-23-21-28(22-24-31)27-17-19-29(20-18-27)33-13-8-16-36-37(33)40-35-15-6-5-14-34(35)39-36;1-19-6-5-9-25(18-19)27(23-7-3-2-4-8-23)24-16-12-21(13-17-24)20-10-14-22(26)15-11-20;14-13(15)8-4-3-7-11-12(8)17-10-6-2-1-5-9(10)16-11/h2-25H,1H3;2-18H,1H3;1-7,14-15H. The van der Waals surface area contributed by atoms with Gasteiger partial charge in [0.05, 0.1) is 0 Å². The Bertz CT molecular complexity index is 4210. The minimum atomic E-state index is -1.41. The van der Waals surface area contributed by atoms with Crippen molar-refractivity contribution < 1.29 is 10.0 Å². The Labute approximate surface area is 524 Å². The van der Waals surface area contributed by atoms with E-state index in [-0.39, 0.29) is 0 Å². The highest BCUT2D eigenvalue weighted by molar-refractivity contribution is 14.1. The zero-order valence-electron chi connectivity index (χ0n) is 46.1. The third kappa shape index (κ3) is 13.2. The number of rotatable bonds is 10. The van der Waals surface area contributed by atoms with E-state index in [1.54, 1.807) is 29.6 Å². The fourth-order valence-corrected chi connectivity index (χ4v) is 15.4. The molecule has 12 aromatic carbocycles. The summed E-state index contributed by atoms with van der Waals surface area (Å²) in [6.07, 6.45) is 0. The lowest BCUT2D eigenvalue weighted by Crippen LogP contribution is -2.32. The molecule has 0 fully saturated rings. The van der Waals surface area contributed by atoms with Gasteiger partial charge in [-0.05, 0) is 208 Å². The van der Waals surface area contributed by atoms with Crippen LogP contribution in [-0.4, -0.2) is 17.2 Å². The number of hydrogen-bond donors (Lipinski definition) is 2. The van der Waals surface area contributed by atoms with Crippen molar-refractivity contribution in [1.82, 2.24) is 0 Å². The average molecular weight is 1270 g/mol. The summed E-state index contributed by atoms with van der Waals surface area (Å²) in [7, 11) is -1.41. The number of fused-ring (bicyclic) bond motifs is 4. The van der Waals surface area contributed by atoms with Gasteiger partial charge in [-0.3, -0.25) is 0 Å². The number of anilines is 6. The third-order valence-corrected chi connectivity index (χ3v) is 20.3. The third-order valence-electron chi connectivity index (χ3n) is 14.3. The zero-order chi connectivity index (χ0) is 57.4. The molecular weight excluding hydrogens is 1210 g/mol. The molecule has 0 radical (unpaired) electrons. The summed E-state index contributed by atoms with van der Waals surface area (Å²) in [5, 5.41) is 18.7. The van der Waals surface area contributed by atoms with Crippen molar-refractivity contribution in [2.45, 2.75) is 53.0 Å². The maximum atomic E-state index is 9.36. The molecule has 0 bridgehead atoms. The molecule has 0 atom stereocenters. The molecule has 0 spiro atoms. The molecule has 0 saturated carbocycles. The van der Waals surface area contributed by atoms with Crippen LogP contribution in [0.5, 0.6) is 0 Å². The first-order valence-corrected chi connectivity index (χ1v) is 32.0. The number of nitrogens with zero attached hydrogens (tertiary/aromatic N) is 2. The Kier molecular flexibility index (Phi) is 17.9. The van der Waals surface area contributed by atoms with Gasteiger partial charge in [0.2, 0.25) is 0 Å². The molecule has 0 amide bonds. The van der Waals surface area contributed by atoms with Gasteiger partial charge in [-0.1, -0.05) is 217 Å². The lowest BCUT2D eigenvalue weighted by Gasteiger charge is -2.26. The molecule has 0 unspecified atom stereocenters. The Balaban J connectivity index is 0.000000136. The summed E-state index contributed by atoms with van der Waals surface area (Å²) < 4.78 is 1.25. The molecular formula is C74H56BIN2O2S4. The lowest BCUT2D eigenvalue weighted by atomic mass is 9.80. The van der Waals surface area contributed by atoms with Crippen molar-refractivity contribution >= 4 is 116 Å². The van der Waals surface area contributed by atoms with Gasteiger partial charge >= 0.3 is 7.12 Å². The molecule has 10 heteroatoms. The fourth-order valence-electron chi connectivity index (χ4n) is 10.2. The number of aryl methyl sites for hydroxylation is 2. The van der Waals surface area contributed by atoms with Crippen LogP contribution in [0.2, 0.25) is 0 Å². The fraction of sp³-hybridized carbons (Fsp3) is 0.0270. The summed E-state index contributed by atoms with van der Waals surface area (Å²) in [4.78, 5) is 14.4. The highest BCUT2D eigenvalue weighted by Gasteiger charge is 2.25. The van der Waals surface area contributed by atoms with E-state index in [0.29, 0.717) is 5.46 Å². The molecule has 12 aromatic rings. The average Bonchev–Trinajstić information content (AvgIpc) is 3.59. The first kappa shape index (κ1) is 56.8. The Morgan fingerprint density at radius 3 is 1.08 bits per heavy atom. The molecule has 2 heterocycles. The topological polar surface area (TPSA) is 46.9 Å². The normalized spacial score (nSPS) is 11.7. The second-order valence-electron chi connectivity index (χ2n) is 20.2. The molecule has 4 nitrogen and oxygen atoms in total. The zero-order valence-corrected chi connectivity index (χ0v) is 51.5. The van der Waals surface area contributed by atoms with Gasteiger partial charge in [0, 0.05) is 76.9 Å². The predicted octanol–water partition coefficient (Wildman–Crippen LogP) is 21.1. The van der Waals surface area contributed by atoms with Gasteiger partial charge in [0.15, 0.2) is 0 Å². The largest absolute Gasteiger partial charge is 0.489 e. The van der Waals surface area contributed by atoms with E-state index in [4.69, 9.17) is 0 Å². The summed E-state index contributed by atoms with van der Waals surface area (Å²) in [5.41, 5.74) is 17.4. The van der Waals surface area contributed by atoms with E-state index in [2.05, 4.69) is 307 Å². The molecule has 14 rings (SSSR count). The van der Waals surface area contributed by atoms with Gasteiger partial charge in [-0.25, -0.2) is 0 Å². The predicted molar refractivity (Wildman–Crippen MR) is 366 cm³/mol. The smallest absolute Gasteiger partial charge is 0.423 e. The van der Waals surface area contributed by atoms with Crippen molar-refractivity contribution in [1.29, 1.82) is 0 Å². The first-order chi connectivity index (χ1) is 41.2. The highest BCUT2D eigenvalue weighted by Crippen LogP contribution is 2.52. The second-order valence-corrected chi connectivity index (χ2v) is 25.7. The van der Waals surface area contributed by atoms with E-state index in [9.17, 15) is 10.0 Å². The molecule has 0 aliphatic carbocycles. The molecule has 2 aliphatic rings. The Morgan fingerprint density at radius 2 is 0.631 bits per heavy atom. The van der Waals surface area contributed by atoms with Gasteiger partial charge in [0.25, 0.3) is 0 Å². The molecule has 0 saturated heterocycles. The second kappa shape index (κ2) is 26.5. The van der Waals surface area contributed by atoms with E-state index >= 15 is 0 Å². The van der Waals surface area contributed by atoms with Gasteiger partial charge in [-0.15, -0.1) is 0 Å². The number of halogens is 1. The minimum absolute atomic E-state index is 0.578. The van der Waals surface area contributed by atoms with E-state index in [0.717, 1.165) is 43.1 Å². The number of hydrogen-bond acceptors (Lipinski definition) is 8. The van der Waals surface area contributed by atoms with Crippen LogP contribution in [0.1, 0.15) is 11.1 Å². The first-order valence-electron chi connectivity index (χ1n) is 27.6. The summed E-state index contributed by atoms with van der Waals surface area (Å²) >= 11 is 9.35. The molecule has 2 N–H and O–H groups in total. The Morgan fingerprint density at radius 1 is 0.298 bits per heavy atom. The molecule has 0 aromatic heterocycles. The van der Waals surface area contributed by atoms with Crippen LogP contribution in [0.15, 0.2) is 330 Å². The van der Waals surface area contributed by atoms with Crippen LogP contribution in [0.25, 0.3) is 33.4 Å². The van der Waals surface area contributed by atoms with Crippen molar-refractivity contribution in [2.24, 2.45) is 0 Å². The van der Waals surface area contributed by atoms with Gasteiger partial charge in [-0.2, -0.15) is 0 Å². The van der Waals surface area contributed by atoms with Crippen LogP contribution in [0, 0.1) is 17.4 Å². The van der Waals surface area contributed by atoms with Gasteiger partial charge < -0.3 is 19.8 Å². The quantitative estimate of drug-likeness (QED) is 0.104. The van der Waals surface area contributed by atoms with Crippen LogP contribution in [-0.2, 0) is 0 Å². The summed E-state index contributed by atoms with van der Waals surface area (Å²) in [6, 6.07) is 103. The van der Waals surface area contributed by atoms with Crippen LogP contribution < -0.4 is 15.3 Å². The summed E-state index contributed by atoms with van der Waals surface area (Å²) in [5.74, 6) is 0. The maximum absolute atomic E-state index is 9.36. The minimum Gasteiger partial charge on any atom is -0.423 e. The maximum Gasteiger partial charge on any atom is 0.489 e. The van der Waals surface area contributed by atoms with Gasteiger partial charge in [0.1, 0.15) is 0 Å². The Hall–Kier alpha value is -7.65. The number of para-hydroxylation sites is 2. The van der Waals surface area contributed by atoms with Crippen LogP contribution in [0.4, 0.5) is 34.1 Å². The van der Waals surface area contributed by atoms with Crippen molar-refractivity contribution in [2.75, 3.05) is 9.80 Å². The van der Waals surface area contributed by atoms with Crippen molar-refractivity contribution in [3.05, 3.63) is 306 Å². The van der Waals surface area contributed by atoms with Crippen LogP contribution >= 0.6 is 69.6 Å². The molecule has 84 heavy (non-hydrogen) atoms. The highest BCUT2D eigenvalue weighted by atomic mass is 127. The van der Waals surface area contributed by atoms with E-state index < -0.39 is 7.12 Å². The van der Waals surface area contributed by atoms with Crippen LogP contribution in [0.3, 0.4) is 0 Å². The molecule has 2 aliphatic heterocycles. The van der Waals surface area contributed by atoms with Crippen molar-refractivity contribution in [3.8, 4) is 33.4 Å². The molecule has 408 valence electrons. The SMILES string of the molecule is Cc1cccc(N(c2ccccc2)c2ccc(-c3ccc(-c4cccc5c4Sc4ccccc4S5)cc3)cc2)c1.Cc1cccc(N(c2ccccc2)c2ccc(-c3ccc(I)cc3)cc2)c1.OB(O)c1cccc2c1Sc1ccccc1S2.